The van der Waals surface area contributed by atoms with Gasteiger partial charge in [0.2, 0.25) is 5.91 Å². The van der Waals surface area contributed by atoms with Crippen LogP contribution in [0.25, 0.3) is 0 Å². The number of carbonyl (C=O) groups excluding carboxylic acids is 1. The Kier molecular flexibility index (Phi) is 7.59. The maximum atomic E-state index is 11.8. The lowest BCUT2D eigenvalue weighted by Crippen LogP contribution is -2.63. The molecular formula is C16H32ClN3O2. The van der Waals surface area contributed by atoms with Crippen molar-refractivity contribution in [2.75, 3.05) is 32.8 Å². The third kappa shape index (κ3) is 5.08. The van der Waals surface area contributed by atoms with Crippen LogP contribution in [0.5, 0.6) is 0 Å². The Bertz CT molecular complexity index is 357. The fraction of sp³-hybridized carbons (Fsp3) is 0.938. The van der Waals surface area contributed by atoms with E-state index in [4.69, 9.17) is 10.5 Å². The van der Waals surface area contributed by atoms with E-state index in [1.54, 1.807) is 0 Å². The summed E-state index contributed by atoms with van der Waals surface area (Å²) >= 11 is 0. The molecule has 1 aliphatic heterocycles. The topological polar surface area (TPSA) is 67.6 Å². The van der Waals surface area contributed by atoms with Gasteiger partial charge < -0.3 is 15.8 Å². The van der Waals surface area contributed by atoms with E-state index in [1.807, 2.05) is 0 Å². The monoisotopic (exact) mass is 333 g/mol. The van der Waals surface area contributed by atoms with Crippen molar-refractivity contribution in [3.8, 4) is 0 Å². The van der Waals surface area contributed by atoms with Gasteiger partial charge in [-0.1, -0.05) is 19.3 Å². The predicted octanol–water partition coefficient (Wildman–Crippen LogP) is 1.69. The number of carbonyl (C=O) groups is 1. The van der Waals surface area contributed by atoms with Crippen molar-refractivity contribution in [2.24, 2.45) is 5.73 Å². The average Bonchev–Trinajstić information content (AvgIpc) is 2.45. The fourth-order valence-corrected chi connectivity index (χ4v) is 3.72. The first-order valence-corrected chi connectivity index (χ1v) is 8.33. The largest absolute Gasteiger partial charge is 0.373 e. The first-order valence-electron chi connectivity index (χ1n) is 8.33. The van der Waals surface area contributed by atoms with E-state index >= 15 is 0 Å². The molecule has 2 fully saturated rings. The summed E-state index contributed by atoms with van der Waals surface area (Å²) in [7, 11) is 0. The van der Waals surface area contributed by atoms with Crippen LogP contribution >= 0.6 is 12.4 Å². The molecule has 3 N–H and O–H groups in total. The summed E-state index contributed by atoms with van der Waals surface area (Å²) in [5.74, 6) is 0.0787. The first kappa shape index (κ1) is 19.7. The van der Waals surface area contributed by atoms with Crippen molar-refractivity contribution in [1.82, 2.24) is 10.2 Å². The molecule has 0 aromatic carbocycles. The molecule has 0 radical (unpaired) electrons. The van der Waals surface area contributed by atoms with Crippen LogP contribution in [0.3, 0.4) is 0 Å². The molecule has 6 heteroatoms. The molecule has 1 saturated heterocycles. The van der Waals surface area contributed by atoms with Crippen LogP contribution < -0.4 is 11.1 Å². The number of hydrogen-bond acceptors (Lipinski definition) is 4. The van der Waals surface area contributed by atoms with Gasteiger partial charge in [0.1, 0.15) is 0 Å². The van der Waals surface area contributed by atoms with Gasteiger partial charge in [0, 0.05) is 38.1 Å². The third-order valence-electron chi connectivity index (χ3n) is 4.87. The normalized spacial score (nSPS) is 24.3. The molecule has 0 atom stereocenters. The van der Waals surface area contributed by atoms with Crippen LogP contribution in [0.1, 0.15) is 52.4 Å². The van der Waals surface area contributed by atoms with E-state index in [0.717, 1.165) is 26.2 Å². The van der Waals surface area contributed by atoms with E-state index in [0.29, 0.717) is 13.0 Å². The van der Waals surface area contributed by atoms with Gasteiger partial charge in [0.15, 0.2) is 0 Å². The molecule has 2 rings (SSSR count). The Hall–Kier alpha value is -0.360. The second-order valence-corrected chi connectivity index (χ2v) is 7.13. The zero-order chi connectivity index (χ0) is 15.3. The Morgan fingerprint density at radius 2 is 1.95 bits per heavy atom. The van der Waals surface area contributed by atoms with E-state index in [1.165, 1.54) is 32.1 Å². The number of nitrogens with zero attached hydrogens (tertiary/aromatic N) is 1. The van der Waals surface area contributed by atoms with Crippen LogP contribution in [0.4, 0.5) is 0 Å². The first-order chi connectivity index (χ1) is 9.97. The molecule has 1 aliphatic carbocycles. The van der Waals surface area contributed by atoms with E-state index < -0.39 is 0 Å². The van der Waals surface area contributed by atoms with Crippen LogP contribution in [-0.4, -0.2) is 54.7 Å². The van der Waals surface area contributed by atoms with Gasteiger partial charge in [-0.25, -0.2) is 0 Å². The number of morpholine rings is 1. The maximum absolute atomic E-state index is 11.8. The SMILES string of the molecule is CC1(C)CN(C2(CNC(=O)CCN)CCCCC2)CCO1.Cl. The molecule has 0 aromatic heterocycles. The second-order valence-electron chi connectivity index (χ2n) is 7.13. The number of amides is 1. The molecule has 22 heavy (non-hydrogen) atoms. The maximum Gasteiger partial charge on any atom is 0.221 e. The van der Waals surface area contributed by atoms with Gasteiger partial charge in [0.25, 0.3) is 0 Å². The van der Waals surface area contributed by atoms with Crippen molar-refractivity contribution in [3.63, 3.8) is 0 Å². The summed E-state index contributed by atoms with van der Waals surface area (Å²) in [6.07, 6.45) is 6.59. The van der Waals surface area contributed by atoms with Gasteiger partial charge in [0.05, 0.1) is 12.2 Å². The molecule has 0 aromatic rings. The number of ether oxygens (including phenoxy) is 1. The second kappa shape index (κ2) is 8.48. The molecule has 0 bridgehead atoms. The number of rotatable bonds is 5. The number of hydrogen-bond donors (Lipinski definition) is 2. The van der Waals surface area contributed by atoms with Crippen molar-refractivity contribution in [2.45, 2.75) is 63.5 Å². The standard InChI is InChI=1S/C16H31N3O2.ClH/c1-15(2)13-19(10-11-21-15)16(7-4-3-5-8-16)12-18-14(20)6-9-17;/h3-13,17H2,1-2H3,(H,18,20);1H. The molecule has 1 heterocycles. The van der Waals surface area contributed by atoms with Gasteiger partial charge in [-0.15, -0.1) is 12.4 Å². The summed E-state index contributed by atoms with van der Waals surface area (Å²) in [6, 6.07) is 0. The van der Waals surface area contributed by atoms with Crippen molar-refractivity contribution < 1.29 is 9.53 Å². The van der Waals surface area contributed by atoms with Gasteiger partial charge >= 0.3 is 0 Å². The zero-order valence-corrected chi connectivity index (χ0v) is 14.8. The molecule has 5 nitrogen and oxygen atoms in total. The van der Waals surface area contributed by atoms with Crippen LogP contribution in [0.15, 0.2) is 0 Å². The van der Waals surface area contributed by atoms with Gasteiger partial charge in [-0.2, -0.15) is 0 Å². The molecule has 130 valence electrons. The zero-order valence-electron chi connectivity index (χ0n) is 14.0. The minimum Gasteiger partial charge on any atom is -0.373 e. The minimum atomic E-state index is -0.0933. The van der Waals surface area contributed by atoms with Crippen LogP contribution in [0.2, 0.25) is 0 Å². The molecular weight excluding hydrogens is 302 g/mol. The quantitative estimate of drug-likeness (QED) is 0.803. The number of nitrogens with two attached hydrogens (primary N) is 1. The number of nitrogens with one attached hydrogen (secondary N) is 1. The molecule has 1 saturated carbocycles. The summed E-state index contributed by atoms with van der Waals surface area (Å²) in [4.78, 5) is 14.4. The average molecular weight is 334 g/mol. The van der Waals surface area contributed by atoms with Gasteiger partial charge in [-0.3, -0.25) is 9.69 Å². The van der Waals surface area contributed by atoms with Crippen LogP contribution in [0, 0.1) is 0 Å². The highest BCUT2D eigenvalue weighted by Crippen LogP contribution is 2.35. The third-order valence-corrected chi connectivity index (χ3v) is 4.87. The Balaban J connectivity index is 0.00000242. The van der Waals surface area contributed by atoms with Crippen molar-refractivity contribution >= 4 is 18.3 Å². The van der Waals surface area contributed by atoms with E-state index in [-0.39, 0.29) is 29.5 Å². The molecule has 2 aliphatic rings. The minimum absolute atomic E-state index is 0. The fourth-order valence-electron chi connectivity index (χ4n) is 3.72. The lowest BCUT2D eigenvalue weighted by atomic mass is 9.79. The van der Waals surface area contributed by atoms with Gasteiger partial charge in [-0.05, 0) is 26.7 Å². The van der Waals surface area contributed by atoms with Crippen molar-refractivity contribution in [3.05, 3.63) is 0 Å². The molecule has 1 amide bonds. The highest BCUT2D eigenvalue weighted by molar-refractivity contribution is 5.85. The van der Waals surface area contributed by atoms with E-state index in [2.05, 4.69) is 24.1 Å². The molecule has 0 unspecified atom stereocenters. The smallest absolute Gasteiger partial charge is 0.221 e. The lowest BCUT2D eigenvalue weighted by molar-refractivity contribution is -0.129. The highest BCUT2D eigenvalue weighted by Gasteiger charge is 2.42. The predicted molar refractivity (Wildman–Crippen MR) is 91.3 cm³/mol. The molecule has 0 spiro atoms. The summed E-state index contributed by atoms with van der Waals surface area (Å²) in [6.45, 7) is 8.18. The Morgan fingerprint density at radius 1 is 1.27 bits per heavy atom. The Labute approximate surface area is 140 Å². The summed E-state index contributed by atoms with van der Waals surface area (Å²) in [5.41, 5.74) is 5.48. The highest BCUT2D eigenvalue weighted by atomic mass is 35.5. The summed E-state index contributed by atoms with van der Waals surface area (Å²) in [5, 5.41) is 3.12. The van der Waals surface area contributed by atoms with Crippen molar-refractivity contribution in [1.29, 1.82) is 0 Å². The lowest BCUT2D eigenvalue weighted by Gasteiger charge is -2.51. The summed E-state index contributed by atoms with van der Waals surface area (Å²) < 4.78 is 5.85. The Morgan fingerprint density at radius 3 is 2.55 bits per heavy atom. The van der Waals surface area contributed by atoms with E-state index in [9.17, 15) is 4.79 Å². The number of halogens is 1. The van der Waals surface area contributed by atoms with Crippen LogP contribution in [-0.2, 0) is 9.53 Å².